The number of fused-ring (bicyclic) bond motifs is 1. The van der Waals surface area contributed by atoms with Crippen LogP contribution in [-0.4, -0.2) is 23.5 Å². The van der Waals surface area contributed by atoms with E-state index in [1.807, 2.05) is 36.4 Å². The van der Waals surface area contributed by atoms with Crippen LogP contribution in [0, 0.1) is 0 Å². The molecule has 0 spiro atoms. The van der Waals surface area contributed by atoms with Crippen molar-refractivity contribution in [2.45, 2.75) is 6.92 Å². The van der Waals surface area contributed by atoms with Crippen molar-refractivity contribution >= 4 is 39.9 Å². The van der Waals surface area contributed by atoms with Crippen molar-refractivity contribution in [3.05, 3.63) is 42.5 Å². The summed E-state index contributed by atoms with van der Waals surface area (Å²) >= 11 is 4.78. The first-order chi connectivity index (χ1) is 10.5. The van der Waals surface area contributed by atoms with Crippen LogP contribution in [0.1, 0.15) is 6.92 Å². The molecule has 0 aromatic heterocycles. The van der Waals surface area contributed by atoms with Crippen molar-refractivity contribution in [1.29, 1.82) is 0 Å². The maximum atomic E-state index is 11.6. The molecule has 0 unspecified atom stereocenters. The Morgan fingerprint density at radius 1 is 1.09 bits per heavy atom. The second kappa shape index (κ2) is 7.37. The molecule has 0 aliphatic carbocycles. The molecule has 2 aromatic carbocycles. The Bertz CT molecular complexity index is 718. The van der Waals surface area contributed by atoms with Crippen molar-refractivity contribution in [1.82, 2.24) is 16.2 Å². The predicted molar refractivity (Wildman–Crippen MR) is 87.1 cm³/mol. The maximum absolute atomic E-state index is 11.6. The van der Waals surface area contributed by atoms with Crippen LogP contribution in [0.4, 0.5) is 0 Å². The highest BCUT2D eigenvalue weighted by Crippen LogP contribution is 2.20. The quantitative estimate of drug-likeness (QED) is 0.587. The van der Waals surface area contributed by atoms with E-state index in [-0.39, 0.29) is 17.6 Å². The minimum absolute atomic E-state index is 0.0200. The molecule has 22 heavy (non-hydrogen) atoms. The number of amides is 2. The summed E-state index contributed by atoms with van der Waals surface area (Å²) in [4.78, 5) is 22.3. The van der Waals surface area contributed by atoms with Gasteiger partial charge in [-0.2, -0.15) is 0 Å². The van der Waals surface area contributed by atoms with E-state index < -0.39 is 5.91 Å². The number of nitrogens with one attached hydrogen (secondary N) is 3. The molecule has 0 bridgehead atoms. The number of ether oxygens (including phenoxy) is 1. The largest absolute Gasteiger partial charge is 0.484 e. The number of rotatable bonds is 3. The van der Waals surface area contributed by atoms with Crippen LogP contribution in [0.25, 0.3) is 10.8 Å². The lowest BCUT2D eigenvalue weighted by Gasteiger charge is -2.10. The number of carbonyl (C=O) groups is 2. The van der Waals surface area contributed by atoms with Crippen LogP contribution in [0.5, 0.6) is 5.75 Å². The van der Waals surface area contributed by atoms with Crippen LogP contribution in [-0.2, 0) is 9.59 Å². The van der Waals surface area contributed by atoms with Gasteiger partial charge in [0.05, 0.1) is 0 Å². The van der Waals surface area contributed by atoms with Gasteiger partial charge in [-0.1, -0.05) is 30.3 Å². The van der Waals surface area contributed by atoms with Gasteiger partial charge < -0.3 is 10.1 Å². The summed E-state index contributed by atoms with van der Waals surface area (Å²) in [5.74, 6) is -0.140. The number of benzene rings is 2. The summed E-state index contributed by atoms with van der Waals surface area (Å²) in [7, 11) is 0. The first-order valence-corrected chi connectivity index (χ1v) is 6.93. The molecule has 0 saturated carbocycles. The van der Waals surface area contributed by atoms with Gasteiger partial charge in [-0.05, 0) is 35.1 Å². The Labute approximate surface area is 132 Å². The summed E-state index contributed by atoms with van der Waals surface area (Å²) in [6, 6.07) is 13.4. The van der Waals surface area contributed by atoms with E-state index in [0.717, 1.165) is 10.8 Å². The standard InChI is InChI=1S/C15H15N3O3S/c1-10(19)16-15(22)18-17-14(20)9-21-13-7-6-11-4-2-3-5-12(11)8-13/h2-8H,9H2,1H3,(H,17,20)(H2,16,18,19,22). The molecular weight excluding hydrogens is 302 g/mol. The molecule has 114 valence electrons. The molecule has 0 aliphatic heterocycles. The third kappa shape index (κ3) is 4.71. The van der Waals surface area contributed by atoms with Crippen LogP contribution in [0.15, 0.2) is 42.5 Å². The molecule has 7 heteroatoms. The van der Waals surface area contributed by atoms with Crippen LogP contribution in [0.3, 0.4) is 0 Å². The third-order valence-corrected chi connectivity index (χ3v) is 2.90. The molecule has 2 amide bonds. The molecular formula is C15H15N3O3S. The Balaban J connectivity index is 1.82. The van der Waals surface area contributed by atoms with E-state index in [1.165, 1.54) is 6.92 Å². The average molecular weight is 317 g/mol. The molecule has 0 radical (unpaired) electrons. The van der Waals surface area contributed by atoms with Crippen molar-refractivity contribution in [3.63, 3.8) is 0 Å². The van der Waals surface area contributed by atoms with E-state index in [9.17, 15) is 9.59 Å². The topological polar surface area (TPSA) is 79.5 Å². The molecule has 0 atom stereocenters. The van der Waals surface area contributed by atoms with Gasteiger partial charge in [-0.15, -0.1) is 0 Å². The molecule has 6 nitrogen and oxygen atoms in total. The van der Waals surface area contributed by atoms with Crippen molar-refractivity contribution < 1.29 is 14.3 Å². The lowest BCUT2D eigenvalue weighted by molar-refractivity contribution is -0.124. The summed E-state index contributed by atoms with van der Waals surface area (Å²) in [5, 5.41) is 4.47. The highest BCUT2D eigenvalue weighted by atomic mass is 32.1. The fourth-order valence-corrected chi connectivity index (χ4v) is 1.95. The average Bonchev–Trinajstić information content (AvgIpc) is 2.50. The van der Waals surface area contributed by atoms with E-state index in [4.69, 9.17) is 17.0 Å². The lowest BCUT2D eigenvalue weighted by Crippen LogP contribution is -2.49. The zero-order chi connectivity index (χ0) is 15.9. The summed E-state index contributed by atoms with van der Waals surface area (Å²) in [6.07, 6.45) is 0. The van der Waals surface area contributed by atoms with Gasteiger partial charge in [0.25, 0.3) is 5.91 Å². The summed E-state index contributed by atoms with van der Waals surface area (Å²) in [5.41, 5.74) is 4.72. The highest BCUT2D eigenvalue weighted by molar-refractivity contribution is 7.80. The van der Waals surface area contributed by atoms with Crippen molar-refractivity contribution in [2.24, 2.45) is 0 Å². The SMILES string of the molecule is CC(=O)NC(=S)NNC(=O)COc1ccc2ccccc2c1. The molecule has 2 rings (SSSR count). The Morgan fingerprint density at radius 3 is 2.55 bits per heavy atom. The first-order valence-electron chi connectivity index (χ1n) is 6.52. The van der Waals surface area contributed by atoms with Crippen LogP contribution in [0.2, 0.25) is 0 Å². The molecule has 2 aromatic rings. The monoisotopic (exact) mass is 317 g/mol. The number of hydrogen-bond acceptors (Lipinski definition) is 4. The van der Waals surface area contributed by atoms with E-state index >= 15 is 0 Å². The van der Waals surface area contributed by atoms with E-state index in [2.05, 4.69) is 16.2 Å². The fraction of sp³-hybridized carbons (Fsp3) is 0.133. The second-order valence-electron chi connectivity index (χ2n) is 4.48. The zero-order valence-corrected chi connectivity index (χ0v) is 12.7. The third-order valence-electron chi connectivity index (χ3n) is 2.70. The van der Waals surface area contributed by atoms with Crippen molar-refractivity contribution in [3.8, 4) is 5.75 Å². The molecule has 0 heterocycles. The first kappa shape index (κ1) is 15.7. The lowest BCUT2D eigenvalue weighted by atomic mass is 10.1. The summed E-state index contributed by atoms with van der Waals surface area (Å²) < 4.78 is 5.41. The van der Waals surface area contributed by atoms with Gasteiger partial charge in [0, 0.05) is 6.92 Å². The molecule has 3 N–H and O–H groups in total. The smallest absolute Gasteiger partial charge is 0.276 e. The van der Waals surface area contributed by atoms with E-state index in [0.29, 0.717) is 5.75 Å². The van der Waals surface area contributed by atoms with Crippen LogP contribution >= 0.6 is 12.2 Å². The minimum atomic E-state index is -0.416. The van der Waals surface area contributed by atoms with Crippen molar-refractivity contribution in [2.75, 3.05) is 6.61 Å². The maximum Gasteiger partial charge on any atom is 0.276 e. The van der Waals surface area contributed by atoms with Gasteiger partial charge in [0.2, 0.25) is 5.91 Å². The van der Waals surface area contributed by atoms with Gasteiger partial charge in [-0.25, -0.2) is 0 Å². The molecule has 0 saturated heterocycles. The Morgan fingerprint density at radius 2 is 1.82 bits per heavy atom. The highest BCUT2D eigenvalue weighted by Gasteiger charge is 2.04. The van der Waals surface area contributed by atoms with E-state index in [1.54, 1.807) is 6.07 Å². The fourth-order valence-electron chi connectivity index (χ4n) is 1.76. The number of hydrogen-bond donors (Lipinski definition) is 3. The molecule has 0 aliphatic rings. The van der Waals surface area contributed by atoms with Gasteiger partial charge in [0.15, 0.2) is 11.7 Å². The van der Waals surface area contributed by atoms with Gasteiger partial charge >= 0.3 is 0 Å². The normalized spacial score (nSPS) is 9.86. The summed E-state index contributed by atoms with van der Waals surface area (Å²) in [6.45, 7) is 1.15. The number of carbonyl (C=O) groups excluding carboxylic acids is 2. The Kier molecular flexibility index (Phi) is 5.26. The predicted octanol–water partition coefficient (Wildman–Crippen LogP) is 1.26. The number of hydrazine groups is 1. The molecule has 0 fully saturated rings. The van der Waals surface area contributed by atoms with Gasteiger partial charge in [0.1, 0.15) is 5.75 Å². The van der Waals surface area contributed by atoms with Crippen LogP contribution < -0.4 is 20.9 Å². The number of thiocarbonyl (C=S) groups is 1. The minimum Gasteiger partial charge on any atom is -0.484 e. The Hall–Kier alpha value is -2.67. The second-order valence-corrected chi connectivity index (χ2v) is 4.89. The van der Waals surface area contributed by atoms with Gasteiger partial charge in [-0.3, -0.25) is 20.4 Å². The zero-order valence-electron chi connectivity index (χ0n) is 11.9.